The van der Waals surface area contributed by atoms with Crippen molar-refractivity contribution >= 4 is 29.0 Å². The van der Waals surface area contributed by atoms with Crippen molar-refractivity contribution in [3.8, 4) is 0 Å². The Bertz CT molecular complexity index is 773. The molecule has 1 aromatic carbocycles. The zero-order chi connectivity index (χ0) is 16.8. The van der Waals surface area contributed by atoms with Crippen LogP contribution in [0, 0.1) is 0 Å². The Balaban J connectivity index is 1.55. The molecule has 6 nitrogen and oxygen atoms in total. The van der Waals surface area contributed by atoms with Crippen LogP contribution < -0.4 is 5.32 Å². The van der Waals surface area contributed by atoms with Crippen molar-refractivity contribution < 1.29 is 4.79 Å². The Morgan fingerprint density at radius 1 is 1.29 bits per heavy atom. The third-order valence-electron chi connectivity index (χ3n) is 3.35. The Hall–Kier alpha value is -2.19. The molecule has 2 aromatic heterocycles. The van der Waals surface area contributed by atoms with Crippen LogP contribution in [0.15, 0.2) is 53.0 Å². The maximum absolute atomic E-state index is 12.3. The van der Waals surface area contributed by atoms with Crippen LogP contribution in [0.2, 0.25) is 0 Å². The summed E-state index contributed by atoms with van der Waals surface area (Å²) in [4.78, 5) is 13.4. The number of nitrogens with zero attached hydrogens (tertiary/aromatic N) is 4. The molecule has 0 radical (unpaired) electrons. The summed E-state index contributed by atoms with van der Waals surface area (Å²) in [6, 6.07) is 13.9. The van der Waals surface area contributed by atoms with Gasteiger partial charge in [-0.1, -0.05) is 48.2 Å². The molecule has 1 N–H and O–H groups in total. The standard InChI is InChI=1S/C16H17N5OS2/c1-12(15(22)17-10-13-6-3-2-4-7-13)24-16-18-19-20-21(16)11-14-8-5-9-23-14/h2-9,12H,10-11H2,1H3,(H,17,22). The number of nitrogens with one attached hydrogen (secondary N) is 1. The first-order valence-corrected chi connectivity index (χ1v) is 9.25. The average molecular weight is 359 g/mol. The fourth-order valence-corrected chi connectivity index (χ4v) is 3.57. The molecule has 3 rings (SSSR count). The lowest BCUT2D eigenvalue weighted by Crippen LogP contribution is -2.30. The molecule has 1 amide bonds. The number of hydrogen-bond acceptors (Lipinski definition) is 6. The van der Waals surface area contributed by atoms with Gasteiger partial charge in [-0.25, -0.2) is 4.68 Å². The van der Waals surface area contributed by atoms with Gasteiger partial charge in [-0.05, 0) is 34.4 Å². The van der Waals surface area contributed by atoms with Gasteiger partial charge in [0.1, 0.15) is 0 Å². The van der Waals surface area contributed by atoms with Crippen molar-refractivity contribution in [3.05, 3.63) is 58.3 Å². The third kappa shape index (κ3) is 4.42. The molecule has 124 valence electrons. The number of thiophene rings is 1. The van der Waals surface area contributed by atoms with E-state index in [4.69, 9.17) is 0 Å². The van der Waals surface area contributed by atoms with Gasteiger partial charge in [-0.15, -0.1) is 16.4 Å². The number of rotatable bonds is 7. The second kappa shape index (κ2) is 8.07. The number of hydrogen-bond donors (Lipinski definition) is 1. The summed E-state index contributed by atoms with van der Waals surface area (Å²) >= 11 is 3.02. The van der Waals surface area contributed by atoms with Gasteiger partial charge in [0.2, 0.25) is 11.1 Å². The second-order valence-corrected chi connectivity index (χ2v) is 7.50. The third-order valence-corrected chi connectivity index (χ3v) is 5.28. The highest BCUT2D eigenvalue weighted by Gasteiger charge is 2.18. The van der Waals surface area contributed by atoms with Crippen molar-refractivity contribution in [2.75, 3.05) is 0 Å². The molecule has 3 aromatic rings. The zero-order valence-electron chi connectivity index (χ0n) is 13.1. The fraction of sp³-hybridized carbons (Fsp3) is 0.250. The van der Waals surface area contributed by atoms with E-state index >= 15 is 0 Å². The van der Waals surface area contributed by atoms with Crippen LogP contribution in [0.3, 0.4) is 0 Å². The smallest absolute Gasteiger partial charge is 0.233 e. The van der Waals surface area contributed by atoms with Crippen LogP contribution in [-0.2, 0) is 17.9 Å². The molecule has 0 spiro atoms. The van der Waals surface area contributed by atoms with Crippen LogP contribution in [0.5, 0.6) is 0 Å². The van der Waals surface area contributed by atoms with Gasteiger partial charge in [0.15, 0.2) is 0 Å². The van der Waals surface area contributed by atoms with Crippen molar-refractivity contribution in [1.29, 1.82) is 0 Å². The van der Waals surface area contributed by atoms with Crippen LogP contribution in [0.25, 0.3) is 0 Å². The zero-order valence-corrected chi connectivity index (χ0v) is 14.8. The molecule has 1 atom stereocenters. The Morgan fingerprint density at radius 3 is 2.88 bits per heavy atom. The van der Waals surface area contributed by atoms with Gasteiger partial charge >= 0.3 is 0 Å². The number of amides is 1. The van der Waals surface area contributed by atoms with Crippen molar-refractivity contribution in [3.63, 3.8) is 0 Å². The predicted octanol–water partition coefficient (Wildman–Crippen LogP) is 2.58. The van der Waals surface area contributed by atoms with Crippen LogP contribution >= 0.6 is 23.1 Å². The second-order valence-electron chi connectivity index (χ2n) is 5.16. The summed E-state index contributed by atoms with van der Waals surface area (Å²) in [7, 11) is 0. The van der Waals surface area contributed by atoms with Gasteiger partial charge in [-0.3, -0.25) is 4.79 Å². The molecule has 0 aliphatic carbocycles. The summed E-state index contributed by atoms with van der Waals surface area (Å²) < 4.78 is 1.72. The quantitative estimate of drug-likeness (QED) is 0.657. The van der Waals surface area contributed by atoms with E-state index in [0.717, 1.165) is 5.56 Å². The van der Waals surface area contributed by atoms with E-state index in [1.165, 1.54) is 16.6 Å². The number of benzene rings is 1. The molecular weight excluding hydrogens is 342 g/mol. The van der Waals surface area contributed by atoms with E-state index in [1.807, 2.05) is 54.8 Å². The molecule has 0 fully saturated rings. The van der Waals surface area contributed by atoms with Gasteiger partial charge in [-0.2, -0.15) is 0 Å². The maximum atomic E-state index is 12.3. The number of carbonyl (C=O) groups excluding carboxylic acids is 1. The van der Waals surface area contributed by atoms with Crippen LogP contribution in [0.4, 0.5) is 0 Å². The molecular formula is C16H17N5OS2. The molecule has 0 aliphatic heterocycles. The summed E-state index contributed by atoms with van der Waals surface area (Å²) in [6.45, 7) is 2.99. The normalized spacial score (nSPS) is 12.0. The van der Waals surface area contributed by atoms with E-state index in [0.29, 0.717) is 18.2 Å². The number of thioether (sulfide) groups is 1. The molecule has 2 heterocycles. The summed E-state index contributed by atoms with van der Waals surface area (Å²) in [5.41, 5.74) is 1.07. The summed E-state index contributed by atoms with van der Waals surface area (Å²) in [6.07, 6.45) is 0. The maximum Gasteiger partial charge on any atom is 0.233 e. The minimum absolute atomic E-state index is 0.0328. The number of tetrazole rings is 1. The first kappa shape index (κ1) is 16.7. The highest BCUT2D eigenvalue weighted by Crippen LogP contribution is 2.21. The first-order chi connectivity index (χ1) is 11.7. The molecule has 0 saturated carbocycles. The Labute approximate surface area is 148 Å². The SMILES string of the molecule is CC(Sc1nnnn1Cc1cccs1)C(=O)NCc1ccccc1. The fourth-order valence-electron chi connectivity index (χ4n) is 2.07. The van der Waals surface area contributed by atoms with Gasteiger partial charge in [0, 0.05) is 11.4 Å². The predicted molar refractivity (Wildman–Crippen MR) is 94.8 cm³/mol. The van der Waals surface area contributed by atoms with E-state index in [-0.39, 0.29) is 11.2 Å². The lowest BCUT2D eigenvalue weighted by molar-refractivity contribution is -0.120. The van der Waals surface area contributed by atoms with Gasteiger partial charge < -0.3 is 5.32 Å². The van der Waals surface area contributed by atoms with Gasteiger partial charge in [0.25, 0.3) is 0 Å². The van der Waals surface area contributed by atoms with E-state index < -0.39 is 0 Å². The highest BCUT2D eigenvalue weighted by atomic mass is 32.2. The molecule has 24 heavy (non-hydrogen) atoms. The first-order valence-electron chi connectivity index (χ1n) is 7.49. The van der Waals surface area contributed by atoms with Crippen LogP contribution in [0.1, 0.15) is 17.4 Å². The number of aromatic nitrogens is 4. The van der Waals surface area contributed by atoms with E-state index in [9.17, 15) is 4.79 Å². The van der Waals surface area contributed by atoms with Crippen LogP contribution in [-0.4, -0.2) is 31.4 Å². The average Bonchev–Trinajstić information content (AvgIpc) is 3.26. The van der Waals surface area contributed by atoms with Crippen molar-refractivity contribution in [1.82, 2.24) is 25.5 Å². The highest BCUT2D eigenvalue weighted by molar-refractivity contribution is 8.00. The van der Waals surface area contributed by atoms with Crippen molar-refractivity contribution in [2.24, 2.45) is 0 Å². The Kier molecular flexibility index (Phi) is 5.60. The molecule has 8 heteroatoms. The lowest BCUT2D eigenvalue weighted by atomic mass is 10.2. The summed E-state index contributed by atoms with van der Waals surface area (Å²) in [5, 5.41) is 17.1. The molecule has 0 saturated heterocycles. The lowest BCUT2D eigenvalue weighted by Gasteiger charge is -2.11. The molecule has 1 unspecified atom stereocenters. The molecule has 0 bridgehead atoms. The molecule has 0 aliphatic rings. The summed E-state index contributed by atoms with van der Waals surface area (Å²) in [5.74, 6) is -0.0328. The monoisotopic (exact) mass is 359 g/mol. The van der Waals surface area contributed by atoms with Gasteiger partial charge in [0.05, 0.1) is 11.8 Å². The minimum Gasteiger partial charge on any atom is -0.351 e. The minimum atomic E-state index is -0.276. The number of carbonyl (C=O) groups is 1. The largest absolute Gasteiger partial charge is 0.351 e. The van der Waals surface area contributed by atoms with E-state index in [2.05, 4.69) is 20.8 Å². The Morgan fingerprint density at radius 2 is 2.12 bits per heavy atom. The topological polar surface area (TPSA) is 72.7 Å². The van der Waals surface area contributed by atoms with Crippen molar-refractivity contribution in [2.45, 2.75) is 30.4 Å². The van der Waals surface area contributed by atoms with E-state index in [1.54, 1.807) is 16.0 Å².